The fourth-order valence-electron chi connectivity index (χ4n) is 1.51. The van der Waals surface area contributed by atoms with Crippen LogP contribution in [0.1, 0.15) is 23.2 Å². The molecule has 0 radical (unpaired) electrons. The Balaban J connectivity index is 1.92. The van der Waals surface area contributed by atoms with E-state index in [4.69, 9.17) is 4.42 Å². The van der Waals surface area contributed by atoms with Crippen LogP contribution in [0, 0.1) is 0 Å². The second kappa shape index (κ2) is 5.86. The van der Waals surface area contributed by atoms with E-state index < -0.39 is 0 Å². The maximum absolute atomic E-state index is 11.8. The first-order chi connectivity index (χ1) is 8.79. The monoisotopic (exact) mass is 245 g/mol. The van der Waals surface area contributed by atoms with E-state index in [1.807, 2.05) is 19.1 Å². The molecule has 0 saturated carbocycles. The van der Waals surface area contributed by atoms with Crippen LogP contribution in [-0.2, 0) is 6.54 Å². The van der Waals surface area contributed by atoms with E-state index in [-0.39, 0.29) is 5.91 Å². The number of aromatic nitrogens is 1. The van der Waals surface area contributed by atoms with Gasteiger partial charge >= 0.3 is 0 Å². The maximum atomic E-state index is 11.8. The molecule has 0 fully saturated rings. The van der Waals surface area contributed by atoms with Crippen LogP contribution in [0.4, 0.5) is 5.69 Å². The van der Waals surface area contributed by atoms with Gasteiger partial charge in [0.2, 0.25) is 0 Å². The van der Waals surface area contributed by atoms with E-state index in [9.17, 15) is 4.79 Å². The van der Waals surface area contributed by atoms with E-state index >= 15 is 0 Å². The summed E-state index contributed by atoms with van der Waals surface area (Å²) in [5.74, 6) is 0.502. The molecule has 18 heavy (non-hydrogen) atoms. The normalized spacial score (nSPS) is 10.1. The Hall–Kier alpha value is -2.30. The van der Waals surface area contributed by atoms with Crippen LogP contribution in [0.3, 0.4) is 0 Å². The molecule has 0 unspecified atom stereocenters. The number of amides is 1. The number of anilines is 1. The number of carbonyl (C=O) groups is 1. The Kier molecular flexibility index (Phi) is 3.96. The van der Waals surface area contributed by atoms with Crippen molar-refractivity contribution in [3.8, 4) is 0 Å². The SMILES string of the molecule is CCNc1ccc(C(=O)NCc2ccco2)nc1. The fourth-order valence-corrected chi connectivity index (χ4v) is 1.51. The largest absolute Gasteiger partial charge is 0.467 e. The molecule has 0 bridgehead atoms. The molecule has 2 heterocycles. The van der Waals surface area contributed by atoms with E-state index in [2.05, 4.69) is 15.6 Å². The molecule has 0 aliphatic rings. The van der Waals surface area contributed by atoms with Gasteiger partial charge in [-0.1, -0.05) is 0 Å². The molecule has 0 aliphatic carbocycles. The molecule has 0 saturated heterocycles. The third-order valence-electron chi connectivity index (χ3n) is 2.38. The van der Waals surface area contributed by atoms with Crippen molar-refractivity contribution in [2.45, 2.75) is 13.5 Å². The molecule has 5 nitrogen and oxygen atoms in total. The van der Waals surface area contributed by atoms with Crippen molar-refractivity contribution in [1.29, 1.82) is 0 Å². The molecule has 2 aromatic rings. The predicted octanol–water partition coefficient (Wildman–Crippen LogP) is 2.04. The molecule has 5 heteroatoms. The van der Waals surface area contributed by atoms with E-state index in [0.29, 0.717) is 18.0 Å². The van der Waals surface area contributed by atoms with Gasteiger partial charge in [0.15, 0.2) is 0 Å². The van der Waals surface area contributed by atoms with Crippen LogP contribution in [0.25, 0.3) is 0 Å². The topological polar surface area (TPSA) is 67.2 Å². The number of hydrogen-bond donors (Lipinski definition) is 2. The third-order valence-corrected chi connectivity index (χ3v) is 2.38. The Morgan fingerprint density at radius 2 is 2.28 bits per heavy atom. The lowest BCUT2D eigenvalue weighted by Crippen LogP contribution is -2.23. The molecule has 2 N–H and O–H groups in total. The minimum Gasteiger partial charge on any atom is -0.467 e. The molecule has 94 valence electrons. The maximum Gasteiger partial charge on any atom is 0.270 e. The summed E-state index contributed by atoms with van der Waals surface area (Å²) in [5, 5.41) is 5.86. The lowest BCUT2D eigenvalue weighted by Gasteiger charge is -2.05. The van der Waals surface area contributed by atoms with Crippen molar-refractivity contribution in [1.82, 2.24) is 10.3 Å². The second-order valence-electron chi connectivity index (χ2n) is 3.72. The Morgan fingerprint density at radius 3 is 2.89 bits per heavy atom. The molecule has 0 aliphatic heterocycles. The van der Waals surface area contributed by atoms with Gasteiger partial charge in [-0.15, -0.1) is 0 Å². The number of furan rings is 1. The van der Waals surface area contributed by atoms with Crippen LogP contribution in [0.15, 0.2) is 41.1 Å². The zero-order valence-corrected chi connectivity index (χ0v) is 10.1. The Labute approximate surface area is 105 Å². The van der Waals surface area contributed by atoms with Gasteiger partial charge < -0.3 is 15.1 Å². The predicted molar refractivity (Wildman–Crippen MR) is 68.3 cm³/mol. The zero-order chi connectivity index (χ0) is 12.8. The summed E-state index contributed by atoms with van der Waals surface area (Å²) in [5.41, 5.74) is 1.29. The average Bonchev–Trinajstić information content (AvgIpc) is 2.90. The summed E-state index contributed by atoms with van der Waals surface area (Å²) in [7, 11) is 0. The highest BCUT2D eigenvalue weighted by Crippen LogP contribution is 2.06. The van der Waals surface area contributed by atoms with E-state index in [0.717, 1.165) is 12.2 Å². The van der Waals surface area contributed by atoms with E-state index in [1.165, 1.54) is 0 Å². The van der Waals surface area contributed by atoms with Crippen LogP contribution in [-0.4, -0.2) is 17.4 Å². The number of carbonyl (C=O) groups excluding carboxylic acids is 1. The quantitative estimate of drug-likeness (QED) is 0.845. The standard InChI is InChI=1S/C13H15N3O2/c1-2-14-10-5-6-12(15-8-10)13(17)16-9-11-4-3-7-18-11/h3-8,14H,2,9H2,1H3,(H,16,17). The number of hydrogen-bond acceptors (Lipinski definition) is 4. The van der Waals surface area contributed by atoms with Gasteiger partial charge in [0.05, 0.1) is 24.7 Å². The minimum absolute atomic E-state index is 0.213. The van der Waals surface area contributed by atoms with Crippen LogP contribution >= 0.6 is 0 Å². The van der Waals surface area contributed by atoms with Crippen molar-refractivity contribution >= 4 is 11.6 Å². The Bertz CT molecular complexity index is 491. The molecule has 0 spiro atoms. The zero-order valence-electron chi connectivity index (χ0n) is 10.1. The smallest absolute Gasteiger partial charge is 0.270 e. The molecule has 2 aromatic heterocycles. The van der Waals surface area contributed by atoms with Gasteiger partial charge in [-0.05, 0) is 31.2 Å². The van der Waals surface area contributed by atoms with Crippen molar-refractivity contribution in [2.75, 3.05) is 11.9 Å². The number of nitrogens with zero attached hydrogens (tertiary/aromatic N) is 1. The molecular formula is C13H15N3O2. The highest BCUT2D eigenvalue weighted by atomic mass is 16.3. The summed E-state index contributed by atoms with van der Waals surface area (Å²) in [4.78, 5) is 15.9. The minimum atomic E-state index is -0.213. The first-order valence-electron chi connectivity index (χ1n) is 5.80. The van der Waals surface area contributed by atoms with Gasteiger partial charge in [-0.25, -0.2) is 4.98 Å². The average molecular weight is 245 g/mol. The Morgan fingerprint density at radius 1 is 1.39 bits per heavy atom. The number of nitrogens with one attached hydrogen (secondary N) is 2. The van der Waals surface area contributed by atoms with Crippen molar-refractivity contribution in [2.24, 2.45) is 0 Å². The lowest BCUT2D eigenvalue weighted by atomic mass is 10.3. The summed E-state index contributed by atoms with van der Waals surface area (Å²) in [6, 6.07) is 7.11. The molecular weight excluding hydrogens is 230 g/mol. The van der Waals surface area contributed by atoms with Crippen LogP contribution < -0.4 is 10.6 Å². The van der Waals surface area contributed by atoms with Crippen LogP contribution in [0.2, 0.25) is 0 Å². The molecule has 0 aromatic carbocycles. The molecule has 1 amide bonds. The first kappa shape index (κ1) is 12.2. The molecule has 2 rings (SSSR count). The summed E-state index contributed by atoms with van der Waals surface area (Å²) < 4.78 is 5.13. The van der Waals surface area contributed by atoms with Gasteiger partial charge in [0.1, 0.15) is 11.5 Å². The fraction of sp³-hybridized carbons (Fsp3) is 0.231. The third kappa shape index (κ3) is 3.10. The van der Waals surface area contributed by atoms with Crippen molar-refractivity contribution in [3.05, 3.63) is 48.2 Å². The van der Waals surface area contributed by atoms with Crippen molar-refractivity contribution in [3.63, 3.8) is 0 Å². The summed E-state index contributed by atoms with van der Waals surface area (Å²) in [6.45, 7) is 3.19. The van der Waals surface area contributed by atoms with Crippen molar-refractivity contribution < 1.29 is 9.21 Å². The highest BCUT2D eigenvalue weighted by Gasteiger charge is 2.07. The van der Waals surface area contributed by atoms with E-state index in [1.54, 1.807) is 24.6 Å². The summed E-state index contributed by atoms with van der Waals surface area (Å²) >= 11 is 0. The summed E-state index contributed by atoms with van der Waals surface area (Å²) in [6.07, 6.45) is 3.22. The van der Waals surface area contributed by atoms with Gasteiger partial charge in [0.25, 0.3) is 5.91 Å². The van der Waals surface area contributed by atoms with Gasteiger partial charge in [0, 0.05) is 6.54 Å². The second-order valence-corrected chi connectivity index (χ2v) is 3.72. The lowest BCUT2D eigenvalue weighted by molar-refractivity contribution is 0.0943. The highest BCUT2D eigenvalue weighted by molar-refractivity contribution is 5.92. The molecule has 0 atom stereocenters. The van der Waals surface area contributed by atoms with Gasteiger partial charge in [-0.3, -0.25) is 4.79 Å². The van der Waals surface area contributed by atoms with Crippen LogP contribution in [0.5, 0.6) is 0 Å². The number of rotatable bonds is 5. The number of pyridine rings is 1. The van der Waals surface area contributed by atoms with Gasteiger partial charge in [-0.2, -0.15) is 0 Å². The first-order valence-corrected chi connectivity index (χ1v) is 5.80.